The molecule has 0 radical (unpaired) electrons. The number of piperidine rings is 1. The molecule has 0 aliphatic carbocycles. The van der Waals surface area contributed by atoms with Crippen LogP contribution in [0.1, 0.15) is 18.5 Å². The molecule has 10 nitrogen and oxygen atoms in total. The van der Waals surface area contributed by atoms with Crippen molar-refractivity contribution in [2.24, 2.45) is 0 Å². The predicted molar refractivity (Wildman–Crippen MR) is 142 cm³/mol. The third-order valence-corrected chi connectivity index (χ3v) is 7.80. The number of ether oxygens (including phenoxy) is 2. The third-order valence-electron chi connectivity index (χ3n) is 6.67. The molecule has 11 heteroatoms. The number of carboxylic acid groups (broad SMARTS) is 1. The van der Waals surface area contributed by atoms with Crippen molar-refractivity contribution < 1.29 is 27.8 Å². The van der Waals surface area contributed by atoms with Crippen LogP contribution in [0.4, 0.5) is 4.79 Å². The van der Waals surface area contributed by atoms with Gasteiger partial charge in [0, 0.05) is 43.3 Å². The maximum atomic E-state index is 11.9. The number of benzene rings is 2. The Morgan fingerprint density at radius 3 is 2.32 bits per heavy atom. The van der Waals surface area contributed by atoms with Crippen LogP contribution in [0.3, 0.4) is 0 Å². The summed E-state index contributed by atoms with van der Waals surface area (Å²) in [5.41, 5.74) is 4.55. The highest BCUT2D eigenvalue weighted by atomic mass is 32.2. The molecule has 1 aliphatic rings. The molecule has 1 aliphatic heterocycles. The minimum Gasteiger partial charge on any atom is -0.493 e. The van der Waals surface area contributed by atoms with Crippen molar-refractivity contribution >= 4 is 21.6 Å². The van der Waals surface area contributed by atoms with E-state index in [1.54, 1.807) is 35.9 Å². The largest absolute Gasteiger partial charge is 0.493 e. The molecule has 2 aromatic carbocycles. The Hall–Kier alpha value is -4.12. The number of likely N-dealkylation sites (tertiary alicyclic amines) is 1. The number of fused-ring (bicyclic) bond motifs is 1. The molecule has 38 heavy (non-hydrogen) atoms. The number of rotatable bonds is 6. The second kappa shape index (κ2) is 9.97. The maximum Gasteiger partial charge on any atom is 0.407 e. The number of aryl methyl sites for hydroxylation is 1. The quantitative estimate of drug-likeness (QED) is 0.387. The molecule has 0 atom stereocenters. The summed E-state index contributed by atoms with van der Waals surface area (Å²) in [5.74, 6) is 1.15. The molecule has 0 bridgehead atoms. The van der Waals surface area contributed by atoms with Crippen LogP contribution >= 0.6 is 0 Å². The molecule has 0 unspecified atom stereocenters. The summed E-state index contributed by atoms with van der Waals surface area (Å²) < 4.78 is 37.2. The van der Waals surface area contributed by atoms with Crippen LogP contribution < -0.4 is 9.47 Å². The van der Waals surface area contributed by atoms with Crippen LogP contribution in [0.2, 0.25) is 0 Å². The fraction of sp³-hybridized carbons (Fsp3) is 0.296. The van der Waals surface area contributed by atoms with Gasteiger partial charge in [-0.2, -0.15) is 5.10 Å². The van der Waals surface area contributed by atoms with Gasteiger partial charge in [-0.25, -0.2) is 22.7 Å². The number of sulfone groups is 1. The number of aromatic nitrogens is 3. The molecule has 4 aromatic rings. The molecular weight excluding hydrogens is 508 g/mol. The fourth-order valence-corrected chi connectivity index (χ4v) is 5.29. The smallest absolute Gasteiger partial charge is 0.407 e. The average Bonchev–Trinajstić information content (AvgIpc) is 3.23. The normalized spacial score (nSPS) is 14.6. The summed E-state index contributed by atoms with van der Waals surface area (Å²) in [5, 5.41) is 14.0. The lowest BCUT2D eigenvalue weighted by Gasteiger charge is -2.30. The monoisotopic (exact) mass is 536 g/mol. The molecule has 198 valence electrons. The van der Waals surface area contributed by atoms with Gasteiger partial charge in [0.1, 0.15) is 6.10 Å². The van der Waals surface area contributed by atoms with Crippen molar-refractivity contribution in [1.82, 2.24) is 19.5 Å². The zero-order valence-electron chi connectivity index (χ0n) is 21.3. The summed E-state index contributed by atoms with van der Waals surface area (Å²) in [7, 11) is -1.72. The van der Waals surface area contributed by atoms with E-state index >= 15 is 0 Å². The van der Waals surface area contributed by atoms with Crippen molar-refractivity contribution in [3.63, 3.8) is 0 Å². The minimum atomic E-state index is -3.30. The van der Waals surface area contributed by atoms with E-state index in [2.05, 4.69) is 4.98 Å². The predicted octanol–water partition coefficient (Wildman–Crippen LogP) is 4.31. The van der Waals surface area contributed by atoms with E-state index in [1.165, 1.54) is 11.2 Å². The number of imidazole rings is 1. The minimum absolute atomic E-state index is 0.0922. The molecule has 2 aromatic heterocycles. The number of carbonyl (C=O) groups is 1. The van der Waals surface area contributed by atoms with E-state index in [9.17, 15) is 13.2 Å². The van der Waals surface area contributed by atoms with Gasteiger partial charge in [0.15, 0.2) is 27.0 Å². The van der Waals surface area contributed by atoms with Gasteiger partial charge in [-0.05, 0) is 49.4 Å². The Kier molecular flexibility index (Phi) is 6.70. The van der Waals surface area contributed by atoms with Gasteiger partial charge < -0.3 is 19.5 Å². The molecule has 1 fully saturated rings. The first-order chi connectivity index (χ1) is 18.1. The Morgan fingerprint density at radius 2 is 1.68 bits per heavy atom. The Bertz CT molecular complexity index is 1610. The van der Waals surface area contributed by atoms with Crippen molar-refractivity contribution in [2.75, 3.05) is 26.5 Å². The highest BCUT2D eigenvalue weighted by molar-refractivity contribution is 7.90. The van der Waals surface area contributed by atoms with Gasteiger partial charge in [-0.1, -0.05) is 12.1 Å². The van der Waals surface area contributed by atoms with Crippen molar-refractivity contribution in [1.29, 1.82) is 0 Å². The Labute approximate surface area is 220 Å². The van der Waals surface area contributed by atoms with Gasteiger partial charge in [-0.3, -0.25) is 0 Å². The third kappa shape index (κ3) is 5.01. The Balaban J connectivity index is 1.44. The molecular formula is C27H28N4O6S. The molecule has 5 rings (SSSR count). The number of amides is 1. The van der Waals surface area contributed by atoms with E-state index in [4.69, 9.17) is 19.7 Å². The van der Waals surface area contributed by atoms with E-state index in [-0.39, 0.29) is 11.0 Å². The van der Waals surface area contributed by atoms with E-state index < -0.39 is 15.9 Å². The van der Waals surface area contributed by atoms with E-state index in [1.807, 2.05) is 37.3 Å². The zero-order valence-corrected chi connectivity index (χ0v) is 22.1. The summed E-state index contributed by atoms with van der Waals surface area (Å²) >= 11 is 0. The number of hydrogen-bond acceptors (Lipinski definition) is 7. The first kappa shape index (κ1) is 25.5. The van der Waals surface area contributed by atoms with Crippen molar-refractivity contribution in [3.05, 3.63) is 60.3 Å². The highest BCUT2D eigenvalue weighted by Gasteiger charge is 2.24. The van der Waals surface area contributed by atoms with Crippen LogP contribution in [-0.2, 0) is 9.84 Å². The van der Waals surface area contributed by atoms with Gasteiger partial charge in [0.2, 0.25) is 0 Å². The lowest BCUT2D eigenvalue weighted by atomic mass is 10.1. The molecule has 1 saturated heterocycles. The van der Waals surface area contributed by atoms with E-state index in [0.29, 0.717) is 48.8 Å². The van der Waals surface area contributed by atoms with Crippen molar-refractivity contribution in [2.45, 2.75) is 30.8 Å². The highest BCUT2D eigenvalue weighted by Crippen LogP contribution is 2.34. The van der Waals surface area contributed by atoms with Gasteiger partial charge in [0.25, 0.3) is 0 Å². The van der Waals surface area contributed by atoms with Gasteiger partial charge >= 0.3 is 6.09 Å². The second-order valence-electron chi connectivity index (χ2n) is 9.28. The lowest BCUT2D eigenvalue weighted by molar-refractivity contribution is 0.0878. The molecule has 0 saturated carbocycles. The maximum absolute atomic E-state index is 11.9. The van der Waals surface area contributed by atoms with Gasteiger partial charge in [0.05, 0.1) is 29.1 Å². The van der Waals surface area contributed by atoms with E-state index in [0.717, 1.165) is 22.5 Å². The molecule has 0 spiro atoms. The standard InChI is InChI=1S/C27H28N4O6S/c1-17-26(18-4-7-21(8-5-18)38(3,34)35)31-25(28-17)11-9-22(29-31)19-6-10-23(24(16-19)36-2)37-20-12-14-30(15-13-20)27(32)33/h4-11,16,20H,12-15H2,1-3H3,(H,32,33). The van der Waals surface area contributed by atoms with Crippen LogP contribution in [0.5, 0.6) is 11.5 Å². The molecule has 1 N–H and O–H groups in total. The second-order valence-corrected chi connectivity index (χ2v) is 11.3. The average molecular weight is 537 g/mol. The number of methoxy groups -OCH3 is 1. The summed E-state index contributed by atoms with van der Waals surface area (Å²) in [6.07, 6.45) is 1.41. The summed E-state index contributed by atoms with van der Waals surface area (Å²) in [6, 6.07) is 16.1. The first-order valence-corrected chi connectivity index (χ1v) is 14.0. The van der Waals surface area contributed by atoms with Crippen LogP contribution in [-0.4, -0.2) is 71.7 Å². The van der Waals surface area contributed by atoms with Crippen LogP contribution in [0.15, 0.2) is 59.5 Å². The first-order valence-electron chi connectivity index (χ1n) is 12.1. The SMILES string of the molecule is COc1cc(-c2ccc3nc(C)c(-c4ccc(S(C)(=O)=O)cc4)n3n2)ccc1OC1CCN(C(=O)O)CC1. The topological polar surface area (TPSA) is 123 Å². The Morgan fingerprint density at radius 1 is 1.00 bits per heavy atom. The van der Waals surface area contributed by atoms with Crippen molar-refractivity contribution in [3.8, 4) is 34.0 Å². The number of hydrogen-bond donors (Lipinski definition) is 1. The van der Waals surface area contributed by atoms with Crippen LogP contribution in [0, 0.1) is 6.92 Å². The lowest BCUT2D eigenvalue weighted by Crippen LogP contribution is -2.41. The van der Waals surface area contributed by atoms with Gasteiger partial charge in [-0.15, -0.1) is 0 Å². The molecule has 3 heterocycles. The summed E-state index contributed by atoms with van der Waals surface area (Å²) in [6.45, 7) is 2.77. The molecule has 1 amide bonds. The fourth-order valence-electron chi connectivity index (χ4n) is 4.66. The number of nitrogens with zero attached hydrogens (tertiary/aromatic N) is 4. The van der Waals surface area contributed by atoms with Crippen LogP contribution in [0.25, 0.3) is 28.2 Å². The summed E-state index contributed by atoms with van der Waals surface area (Å²) in [4.78, 5) is 17.4. The zero-order chi connectivity index (χ0) is 27.0.